The number of benzene rings is 1. The first kappa shape index (κ1) is 14.4. The Morgan fingerprint density at radius 2 is 2.00 bits per heavy atom. The van der Waals surface area contributed by atoms with Crippen molar-refractivity contribution in [3.05, 3.63) is 29.5 Å². The molecule has 0 amide bonds. The summed E-state index contributed by atoms with van der Waals surface area (Å²) in [6.45, 7) is 5.84. The van der Waals surface area contributed by atoms with E-state index in [1.165, 1.54) is 0 Å². The SMILES string of the molecule is COc1cccc2c(C(O)C(=O)O)c(C)n(C(C)C)c12. The minimum absolute atomic E-state index is 0.128. The number of ether oxygens (including phenoxy) is 1. The van der Waals surface area contributed by atoms with Crippen LogP contribution in [0, 0.1) is 6.92 Å². The molecule has 0 radical (unpaired) electrons. The van der Waals surface area contributed by atoms with Crippen LogP contribution in [-0.2, 0) is 4.79 Å². The lowest BCUT2D eigenvalue weighted by molar-refractivity contribution is -0.146. The van der Waals surface area contributed by atoms with Crippen LogP contribution in [0.5, 0.6) is 5.75 Å². The lowest BCUT2D eigenvalue weighted by atomic mass is 10.1. The van der Waals surface area contributed by atoms with Crippen molar-refractivity contribution in [1.82, 2.24) is 4.57 Å². The normalized spacial score (nSPS) is 12.9. The molecule has 108 valence electrons. The molecule has 0 saturated heterocycles. The van der Waals surface area contributed by atoms with Gasteiger partial charge in [0.15, 0.2) is 6.10 Å². The number of aliphatic carboxylic acids is 1. The molecule has 1 unspecified atom stereocenters. The third kappa shape index (κ3) is 2.04. The second-order valence-corrected chi connectivity index (χ2v) is 5.06. The van der Waals surface area contributed by atoms with E-state index in [1.807, 2.05) is 37.5 Å². The van der Waals surface area contributed by atoms with Gasteiger partial charge in [0.25, 0.3) is 0 Å². The highest BCUT2D eigenvalue weighted by molar-refractivity contribution is 5.94. The first-order valence-electron chi connectivity index (χ1n) is 6.48. The third-order valence-electron chi connectivity index (χ3n) is 3.52. The maximum absolute atomic E-state index is 11.1. The van der Waals surface area contributed by atoms with Crippen LogP contribution in [0.25, 0.3) is 10.9 Å². The van der Waals surface area contributed by atoms with Crippen LogP contribution in [-0.4, -0.2) is 27.9 Å². The van der Waals surface area contributed by atoms with Crippen molar-refractivity contribution in [3.8, 4) is 5.75 Å². The van der Waals surface area contributed by atoms with Crippen LogP contribution in [0.15, 0.2) is 18.2 Å². The van der Waals surface area contributed by atoms with E-state index in [9.17, 15) is 9.90 Å². The molecule has 1 atom stereocenters. The summed E-state index contributed by atoms with van der Waals surface area (Å²) < 4.78 is 7.37. The van der Waals surface area contributed by atoms with Crippen LogP contribution < -0.4 is 4.74 Å². The Balaban J connectivity index is 2.90. The molecule has 2 N–H and O–H groups in total. The van der Waals surface area contributed by atoms with E-state index < -0.39 is 12.1 Å². The number of fused-ring (bicyclic) bond motifs is 1. The molecule has 0 spiro atoms. The maximum Gasteiger partial charge on any atom is 0.337 e. The van der Waals surface area contributed by atoms with Gasteiger partial charge in [-0.1, -0.05) is 12.1 Å². The van der Waals surface area contributed by atoms with E-state index >= 15 is 0 Å². The van der Waals surface area contributed by atoms with Crippen LogP contribution in [0.3, 0.4) is 0 Å². The van der Waals surface area contributed by atoms with Gasteiger partial charge in [0.05, 0.1) is 12.6 Å². The number of hydrogen-bond acceptors (Lipinski definition) is 3. The van der Waals surface area contributed by atoms with E-state index in [-0.39, 0.29) is 6.04 Å². The van der Waals surface area contributed by atoms with Gasteiger partial charge in [-0.3, -0.25) is 0 Å². The van der Waals surface area contributed by atoms with Crippen molar-refractivity contribution in [1.29, 1.82) is 0 Å². The number of hydrogen-bond donors (Lipinski definition) is 2. The van der Waals surface area contributed by atoms with E-state index in [4.69, 9.17) is 9.84 Å². The zero-order valence-corrected chi connectivity index (χ0v) is 12.0. The molecule has 0 aliphatic heterocycles. The van der Waals surface area contributed by atoms with Gasteiger partial charge in [-0.15, -0.1) is 0 Å². The summed E-state index contributed by atoms with van der Waals surface area (Å²) in [4.78, 5) is 11.1. The largest absolute Gasteiger partial charge is 0.495 e. The fraction of sp³-hybridized carbons (Fsp3) is 0.400. The summed E-state index contributed by atoms with van der Waals surface area (Å²) in [7, 11) is 1.58. The molecule has 0 bridgehead atoms. The highest BCUT2D eigenvalue weighted by atomic mass is 16.5. The predicted octanol–water partition coefficient (Wildman–Crippen LogP) is 2.66. The molecule has 1 heterocycles. The average Bonchev–Trinajstić information content (AvgIpc) is 2.69. The van der Waals surface area contributed by atoms with E-state index in [0.717, 1.165) is 11.2 Å². The fourth-order valence-corrected chi connectivity index (χ4v) is 2.76. The maximum atomic E-state index is 11.1. The fourth-order valence-electron chi connectivity index (χ4n) is 2.76. The lowest BCUT2D eigenvalue weighted by Gasteiger charge is -2.14. The molecular formula is C15H19NO4. The van der Waals surface area contributed by atoms with Gasteiger partial charge in [-0.25, -0.2) is 4.79 Å². The molecule has 2 aromatic rings. The number of aliphatic hydroxyl groups is 1. The van der Waals surface area contributed by atoms with Gasteiger partial charge in [-0.05, 0) is 26.8 Å². The number of nitrogens with zero attached hydrogens (tertiary/aromatic N) is 1. The van der Waals surface area contributed by atoms with Gasteiger partial charge in [0.1, 0.15) is 5.75 Å². The number of methoxy groups -OCH3 is 1. The van der Waals surface area contributed by atoms with E-state index in [2.05, 4.69) is 0 Å². The number of carbonyl (C=O) groups is 1. The van der Waals surface area contributed by atoms with Crippen LogP contribution in [0.4, 0.5) is 0 Å². The van der Waals surface area contributed by atoms with Crippen LogP contribution in [0.1, 0.15) is 37.3 Å². The van der Waals surface area contributed by atoms with E-state index in [0.29, 0.717) is 16.7 Å². The molecule has 2 rings (SSSR count). The molecule has 5 heteroatoms. The highest BCUT2D eigenvalue weighted by Crippen LogP contribution is 2.37. The Hall–Kier alpha value is -2.01. The molecule has 0 fully saturated rings. The zero-order valence-electron chi connectivity index (χ0n) is 12.0. The van der Waals surface area contributed by atoms with Crippen molar-refractivity contribution in [2.45, 2.75) is 32.9 Å². The Bertz CT molecular complexity index is 657. The zero-order chi connectivity index (χ0) is 15.0. The van der Waals surface area contributed by atoms with E-state index in [1.54, 1.807) is 13.2 Å². The van der Waals surface area contributed by atoms with Gasteiger partial charge in [0, 0.05) is 22.7 Å². The number of carboxylic acids is 1. The Morgan fingerprint density at radius 1 is 1.35 bits per heavy atom. The van der Waals surface area contributed by atoms with Gasteiger partial charge >= 0.3 is 5.97 Å². The van der Waals surface area contributed by atoms with Crippen molar-refractivity contribution in [2.24, 2.45) is 0 Å². The van der Waals surface area contributed by atoms with Crippen LogP contribution in [0.2, 0.25) is 0 Å². The van der Waals surface area contributed by atoms with Gasteiger partial charge in [0.2, 0.25) is 0 Å². The summed E-state index contributed by atoms with van der Waals surface area (Å²) in [5.74, 6) is -0.582. The number of para-hydroxylation sites is 1. The highest BCUT2D eigenvalue weighted by Gasteiger charge is 2.27. The molecule has 1 aromatic carbocycles. The first-order valence-corrected chi connectivity index (χ1v) is 6.48. The summed E-state index contributed by atoms with van der Waals surface area (Å²) in [6.07, 6.45) is -1.54. The summed E-state index contributed by atoms with van der Waals surface area (Å²) in [5, 5.41) is 19.8. The second-order valence-electron chi connectivity index (χ2n) is 5.06. The molecule has 0 aliphatic rings. The van der Waals surface area contributed by atoms with Crippen molar-refractivity contribution < 1.29 is 19.7 Å². The summed E-state index contributed by atoms with van der Waals surface area (Å²) >= 11 is 0. The molecule has 0 saturated carbocycles. The smallest absolute Gasteiger partial charge is 0.337 e. The minimum atomic E-state index is -1.54. The summed E-state index contributed by atoms with van der Waals surface area (Å²) in [5.41, 5.74) is 1.99. The predicted molar refractivity (Wildman–Crippen MR) is 76.2 cm³/mol. The van der Waals surface area contributed by atoms with Crippen LogP contribution >= 0.6 is 0 Å². The summed E-state index contributed by atoms with van der Waals surface area (Å²) in [6, 6.07) is 5.56. The molecule has 1 aromatic heterocycles. The van der Waals surface area contributed by atoms with Crippen molar-refractivity contribution >= 4 is 16.9 Å². The Labute approximate surface area is 117 Å². The average molecular weight is 277 g/mol. The standard InChI is InChI=1S/C15H19NO4/c1-8(2)16-9(3)12(14(17)15(18)19)10-6-5-7-11(20-4)13(10)16/h5-8,14,17H,1-4H3,(H,18,19). The topological polar surface area (TPSA) is 71.7 Å². The van der Waals surface area contributed by atoms with Gasteiger partial charge < -0.3 is 19.5 Å². The number of aromatic nitrogens is 1. The molecular weight excluding hydrogens is 258 g/mol. The number of carboxylic acid groups (broad SMARTS) is 1. The quantitative estimate of drug-likeness (QED) is 0.901. The number of rotatable bonds is 4. The molecule has 20 heavy (non-hydrogen) atoms. The Morgan fingerprint density at radius 3 is 2.50 bits per heavy atom. The third-order valence-corrected chi connectivity index (χ3v) is 3.52. The van der Waals surface area contributed by atoms with Gasteiger partial charge in [-0.2, -0.15) is 0 Å². The second kappa shape index (κ2) is 5.17. The number of aliphatic hydroxyl groups excluding tert-OH is 1. The minimum Gasteiger partial charge on any atom is -0.495 e. The first-order chi connectivity index (χ1) is 9.40. The Kier molecular flexibility index (Phi) is 3.72. The molecule has 5 nitrogen and oxygen atoms in total. The lowest BCUT2D eigenvalue weighted by Crippen LogP contribution is -2.12. The van der Waals surface area contributed by atoms with Crippen molar-refractivity contribution in [3.63, 3.8) is 0 Å². The monoisotopic (exact) mass is 277 g/mol. The van der Waals surface area contributed by atoms with Crippen molar-refractivity contribution in [2.75, 3.05) is 7.11 Å². The molecule has 0 aliphatic carbocycles.